The molecule has 2 unspecified atom stereocenters. The van der Waals surface area contributed by atoms with Crippen LogP contribution in [0.25, 0.3) is 0 Å². The van der Waals surface area contributed by atoms with E-state index in [0.29, 0.717) is 11.3 Å². The van der Waals surface area contributed by atoms with Gasteiger partial charge in [0.2, 0.25) is 0 Å². The number of aliphatic hydroxyl groups excluding tert-OH is 1. The maximum Gasteiger partial charge on any atom is 0.0580 e. The van der Waals surface area contributed by atoms with E-state index in [-0.39, 0.29) is 6.10 Å². The smallest absolute Gasteiger partial charge is 0.0580 e. The van der Waals surface area contributed by atoms with Crippen LogP contribution in [-0.2, 0) is 0 Å². The topological polar surface area (TPSA) is 23.5 Å². The van der Waals surface area contributed by atoms with Gasteiger partial charge in [0.25, 0.3) is 0 Å². The van der Waals surface area contributed by atoms with E-state index >= 15 is 0 Å². The van der Waals surface area contributed by atoms with Crippen LogP contribution in [0, 0.1) is 11.3 Å². The minimum atomic E-state index is -0.0105. The molecule has 2 atom stereocenters. The summed E-state index contributed by atoms with van der Waals surface area (Å²) in [4.78, 5) is 2.49. The average molecular weight is 183 g/mol. The Morgan fingerprint density at radius 2 is 2.00 bits per heavy atom. The molecule has 2 aliphatic rings. The summed E-state index contributed by atoms with van der Waals surface area (Å²) in [7, 11) is 0. The molecule has 0 spiro atoms. The second-order valence-electron chi connectivity index (χ2n) is 5.59. The summed E-state index contributed by atoms with van der Waals surface area (Å²) >= 11 is 0. The van der Waals surface area contributed by atoms with E-state index in [1.807, 2.05) is 0 Å². The minimum Gasteiger partial charge on any atom is -0.393 e. The van der Waals surface area contributed by atoms with Crippen LogP contribution < -0.4 is 0 Å². The third-order valence-electron chi connectivity index (χ3n) is 3.41. The van der Waals surface area contributed by atoms with Crippen LogP contribution in [-0.4, -0.2) is 35.7 Å². The van der Waals surface area contributed by atoms with Crippen molar-refractivity contribution in [3.05, 3.63) is 0 Å². The Bertz CT molecular complexity index is 183. The van der Waals surface area contributed by atoms with Gasteiger partial charge in [-0.15, -0.1) is 0 Å². The van der Waals surface area contributed by atoms with Crippen LogP contribution in [0.15, 0.2) is 0 Å². The Labute approximate surface area is 80.9 Å². The first-order valence-corrected chi connectivity index (χ1v) is 5.47. The van der Waals surface area contributed by atoms with Crippen molar-refractivity contribution in [1.82, 2.24) is 4.90 Å². The highest BCUT2D eigenvalue weighted by Gasteiger charge is 2.37. The molecule has 1 saturated heterocycles. The quantitative estimate of drug-likeness (QED) is 0.701. The molecular weight excluding hydrogens is 162 g/mol. The molecule has 2 rings (SSSR count). The van der Waals surface area contributed by atoms with E-state index in [9.17, 15) is 5.11 Å². The van der Waals surface area contributed by atoms with Gasteiger partial charge in [0.1, 0.15) is 0 Å². The van der Waals surface area contributed by atoms with Crippen molar-refractivity contribution in [2.45, 2.75) is 39.2 Å². The Kier molecular flexibility index (Phi) is 2.37. The minimum absolute atomic E-state index is 0.0105. The largest absolute Gasteiger partial charge is 0.393 e. The molecule has 1 N–H and O–H groups in total. The third kappa shape index (κ3) is 2.05. The van der Waals surface area contributed by atoms with Crippen molar-refractivity contribution in [3.8, 4) is 0 Å². The van der Waals surface area contributed by atoms with Gasteiger partial charge in [-0.25, -0.2) is 0 Å². The normalized spacial score (nSPS) is 39.0. The summed E-state index contributed by atoms with van der Waals surface area (Å²) in [5.74, 6) is 0.566. The van der Waals surface area contributed by atoms with Gasteiger partial charge < -0.3 is 10.0 Å². The highest BCUT2D eigenvalue weighted by Crippen LogP contribution is 2.33. The monoisotopic (exact) mass is 183 g/mol. The first-order valence-electron chi connectivity index (χ1n) is 5.47. The number of rotatable bonds is 2. The van der Waals surface area contributed by atoms with Crippen molar-refractivity contribution in [3.63, 3.8) is 0 Å². The van der Waals surface area contributed by atoms with Crippen LogP contribution in [0.3, 0.4) is 0 Å². The van der Waals surface area contributed by atoms with Gasteiger partial charge in [-0.3, -0.25) is 0 Å². The van der Waals surface area contributed by atoms with Crippen LogP contribution in [0.2, 0.25) is 0 Å². The van der Waals surface area contributed by atoms with Crippen LogP contribution in [0.4, 0.5) is 0 Å². The molecule has 0 aromatic rings. The van der Waals surface area contributed by atoms with Crippen LogP contribution in [0.1, 0.15) is 33.1 Å². The lowest BCUT2D eigenvalue weighted by Crippen LogP contribution is -2.54. The Hall–Kier alpha value is -0.0800. The molecule has 0 aromatic carbocycles. The molecule has 1 heterocycles. The Morgan fingerprint density at radius 3 is 2.46 bits per heavy atom. The highest BCUT2D eigenvalue weighted by atomic mass is 16.3. The second-order valence-corrected chi connectivity index (χ2v) is 5.59. The highest BCUT2D eigenvalue weighted by molar-refractivity contribution is 4.90. The maximum atomic E-state index is 9.66. The van der Waals surface area contributed by atoms with Crippen molar-refractivity contribution in [1.29, 1.82) is 0 Å². The SMILES string of the molecule is CC1(C)CN(CC2CCCC2O)C1. The van der Waals surface area contributed by atoms with E-state index in [1.54, 1.807) is 0 Å². The zero-order valence-electron chi connectivity index (χ0n) is 8.79. The standard InChI is InChI=1S/C11H21NO/c1-11(2)7-12(8-11)6-9-4-3-5-10(9)13/h9-10,13H,3-8H2,1-2H3. The van der Waals surface area contributed by atoms with E-state index < -0.39 is 0 Å². The Morgan fingerprint density at radius 1 is 1.31 bits per heavy atom. The summed E-state index contributed by atoms with van der Waals surface area (Å²) in [6.45, 7) is 8.19. The van der Waals surface area contributed by atoms with Gasteiger partial charge in [-0.05, 0) is 24.2 Å². The molecule has 76 valence electrons. The molecule has 1 aliphatic carbocycles. The van der Waals surface area contributed by atoms with Gasteiger partial charge in [0, 0.05) is 19.6 Å². The fraction of sp³-hybridized carbons (Fsp3) is 1.00. The molecule has 2 nitrogen and oxygen atoms in total. The van der Waals surface area contributed by atoms with Crippen LogP contribution in [0.5, 0.6) is 0 Å². The number of likely N-dealkylation sites (tertiary alicyclic amines) is 1. The van der Waals surface area contributed by atoms with Gasteiger partial charge in [-0.2, -0.15) is 0 Å². The van der Waals surface area contributed by atoms with Gasteiger partial charge in [-0.1, -0.05) is 20.3 Å². The van der Waals surface area contributed by atoms with E-state index in [2.05, 4.69) is 18.7 Å². The maximum absolute atomic E-state index is 9.66. The summed E-state index contributed by atoms with van der Waals surface area (Å²) < 4.78 is 0. The summed E-state index contributed by atoms with van der Waals surface area (Å²) in [6.07, 6.45) is 3.48. The molecule has 0 radical (unpaired) electrons. The van der Waals surface area contributed by atoms with Crippen molar-refractivity contribution < 1.29 is 5.11 Å². The fourth-order valence-corrected chi connectivity index (χ4v) is 2.86. The summed E-state index contributed by atoms with van der Waals surface area (Å²) in [6, 6.07) is 0. The summed E-state index contributed by atoms with van der Waals surface area (Å²) in [5, 5.41) is 9.66. The van der Waals surface area contributed by atoms with E-state index in [1.165, 1.54) is 25.9 Å². The van der Waals surface area contributed by atoms with Gasteiger partial charge >= 0.3 is 0 Å². The third-order valence-corrected chi connectivity index (χ3v) is 3.41. The first-order chi connectivity index (χ1) is 6.07. The molecule has 1 aliphatic heterocycles. The molecule has 13 heavy (non-hydrogen) atoms. The number of aliphatic hydroxyl groups is 1. The lowest BCUT2D eigenvalue weighted by atomic mass is 9.83. The van der Waals surface area contributed by atoms with Crippen molar-refractivity contribution in [2.24, 2.45) is 11.3 Å². The average Bonchev–Trinajstić information content (AvgIpc) is 2.33. The number of hydrogen-bond acceptors (Lipinski definition) is 2. The molecule has 0 aromatic heterocycles. The van der Waals surface area contributed by atoms with Crippen molar-refractivity contribution >= 4 is 0 Å². The van der Waals surface area contributed by atoms with Gasteiger partial charge in [0.15, 0.2) is 0 Å². The predicted octanol–water partition coefficient (Wildman–Crippen LogP) is 1.49. The Balaban J connectivity index is 1.74. The number of hydrogen-bond donors (Lipinski definition) is 1. The first kappa shape index (κ1) is 9.47. The lowest BCUT2D eigenvalue weighted by Gasteiger charge is -2.47. The molecule has 1 saturated carbocycles. The van der Waals surface area contributed by atoms with Gasteiger partial charge in [0.05, 0.1) is 6.10 Å². The zero-order chi connectivity index (χ0) is 9.47. The van der Waals surface area contributed by atoms with E-state index in [4.69, 9.17) is 0 Å². The van der Waals surface area contributed by atoms with Crippen molar-refractivity contribution in [2.75, 3.05) is 19.6 Å². The number of nitrogens with zero attached hydrogens (tertiary/aromatic N) is 1. The summed E-state index contributed by atoms with van der Waals surface area (Å²) in [5.41, 5.74) is 0.531. The van der Waals surface area contributed by atoms with E-state index in [0.717, 1.165) is 13.0 Å². The predicted molar refractivity (Wildman–Crippen MR) is 53.6 cm³/mol. The molecule has 0 bridgehead atoms. The molecule has 0 amide bonds. The lowest BCUT2D eigenvalue weighted by molar-refractivity contribution is 0.000554. The van der Waals surface area contributed by atoms with Crippen LogP contribution >= 0.6 is 0 Å². The molecule has 2 fully saturated rings. The molecule has 2 heteroatoms. The fourth-order valence-electron chi connectivity index (χ4n) is 2.86. The second kappa shape index (κ2) is 3.25. The molecular formula is C11H21NO. The zero-order valence-corrected chi connectivity index (χ0v) is 8.79.